The largest absolute Gasteiger partial charge is 0.462 e. The Bertz CT molecular complexity index is 1450. The first kappa shape index (κ1) is 57.4. The Balaban J connectivity index is 2.66. The van der Waals surface area contributed by atoms with Crippen molar-refractivity contribution in [3.05, 3.63) is 29.8 Å². The predicted octanol–water partition coefficient (Wildman–Crippen LogP) is 11.6. The summed E-state index contributed by atoms with van der Waals surface area (Å²) in [7, 11) is 0. The highest BCUT2D eigenvalue weighted by Gasteiger charge is 2.29. The molecule has 1 aromatic rings. The normalized spacial score (nSPS) is 12.5. The number of amides is 2. The SMILES string of the molecule is CCCCCCCCCCCC(=O)OCC(CSCCC(=O)Nc1ccc(C(=O)NC(CCC(=O)OC(C)(C)C)C(=O)OC(C)(C)C)cc1)OC(=O)CCCCCCCCCCC. The van der Waals surface area contributed by atoms with Gasteiger partial charge in [0.05, 0.1) is 0 Å². The van der Waals surface area contributed by atoms with Gasteiger partial charge in [0, 0.05) is 48.4 Å². The van der Waals surface area contributed by atoms with E-state index in [0.717, 1.165) is 38.5 Å². The minimum atomic E-state index is -1.08. The van der Waals surface area contributed by atoms with Crippen LogP contribution in [0.25, 0.3) is 0 Å². The first-order valence-electron chi connectivity index (χ1n) is 24.0. The van der Waals surface area contributed by atoms with E-state index in [1.807, 2.05) is 0 Å². The maximum atomic E-state index is 13.2. The number of rotatable bonds is 35. The lowest BCUT2D eigenvalue weighted by molar-refractivity contribution is -0.158. The van der Waals surface area contributed by atoms with E-state index >= 15 is 0 Å². The lowest BCUT2D eigenvalue weighted by Crippen LogP contribution is -2.44. The summed E-state index contributed by atoms with van der Waals surface area (Å²) < 4.78 is 22.2. The summed E-state index contributed by atoms with van der Waals surface area (Å²) in [5, 5.41) is 5.51. The van der Waals surface area contributed by atoms with Gasteiger partial charge in [0.2, 0.25) is 5.91 Å². The fraction of sp³-hybridized carbons (Fsp3) is 0.760. The summed E-state index contributed by atoms with van der Waals surface area (Å²) in [6.45, 7) is 14.8. The highest BCUT2D eigenvalue weighted by Crippen LogP contribution is 2.18. The van der Waals surface area contributed by atoms with Gasteiger partial charge in [-0.25, -0.2) is 4.79 Å². The van der Waals surface area contributed by atoms with Crippen LogP contribution < -0.4 is 10.6 Å². The number of unbranched alkanes of at least 4 members (excludes halogenated alkanes) is 16. The number of hydrogen-bond acceptors (Lipinski definition) is 11. The van der Waals surface area contributed by atoms with E-state index in [0.29, 0.717) is 30.0 Å². The molecule has 0 spiro atoms. The quantitative estimate of drug-likeness (QED) is 0.0378. The van der Waals surface area contributed by atoms with Crippen LogP contribution >= 0.6 is 11.8 Å². The van der Waals surface area contributed by atoms with Crippen molar-refractivity contribution in [3.63, 3.8) is 0 Å². The fourth-order valence-electron chi connectivity index (χ4n) is 6.61. The second kappa shape index (κ2) is 33.8. The molecule has 0 aliphatic rings. The molecule has 2 N–H and O–H groups in total. The Morgan fingerprint density at radius 1 is 0.587 bits per heavy atom. The highest BCUT2D eigenvalue weighted by atomic mass is 32.2. The van der Waals surface area contributed by atoms with E-state index in [4.69, 9.17) is 18.9 Å². The molecule has 1 rings (SSSR count). The van der Waals surface area contributed by atoms with E-state index in [2.05, 4.69) is 24.5 Å². The summed E-state index contributed by atoms with van der Waals surface area (Å²) in [5.41, 5.74) is -0.752. The molecule has 360 valence electrons. The minimum Gasteiger partial charge on any atom is -0.462 e. The second-order valence-electron chi connectivity index (χ2n) is 18.6. The minimum absolute atomic E-state index is 0.00515. The van der Waals surface area contributed by atoms with E-state index in [-0.39, 0.29) is 49.3 Å². The van der Waals surface area contributed by atoms with E-state index in [1.165, 1.54) is 101 Å². The van der Waals surface area contributed by atoms with Crippen LogP contribution in [0.2, 0.25) is 0 Å². The predicted molar refractivity (Wildman–Crippen MR) is 254 cm³/mol. The molecule has 2 amide bonds. The molecule has 0 fully saturated rings. The molecule has 0 aromatic heterocycles. The molecule has 0 heterocycles. The molecule has 12 nitrogen and oxygen atoms in total. The molecule has 0 saturated heterocycles. The summed E-state index contributed by atoms with van der Waals surface area (Å²) in [6, 6.07) is 5.17. The maximum absolute atomic E-state index is 13.2. The van der Waals surface area contributed by atoms with Crippen LogP contribution in [-0.4, -0.2) is 77.2 Å². The van der Waals surface area contributed by atoms with Crippen molar-refractivity contribution in [2.45, 2.75) is 226 Å². The lowest BCUT2D eigenvalue weighted by Gasteiger charge is -2.25. The number of carbonyl (C=O) groups excluding carboxylic acids is 6. The molecular weight excluding hydrogens is 821 g/mol. The van der Waals surface area contributed by atoms with Crippen LogP contribution in [-0.2, 0) is 42.9 Å². The molecule has 1 aromatic carbocycles. The molecule has 0 radical (unpaired) electrons. The zero-order chi connectivity index (χ0) is 46.9. The smallest absolute Gasteiger partial charge is 0.329 e. The molecule has 2 atom stereocenters. The third kappa shape index (κ3) is 32.7. The number of benzene rings is 1. The first-order chi connectivity index (χ1) is 29.9. The number of esters is 4. The number of carbonyl (C=O) groups is 6. The number of hydrogen-bond donors (Lipinski definition) is 2. The van der Waals surface area contributed by atoms with Crippen LogP contribution in [0.4, 0.5) is 5.69 Å². The van der Waals surface area contributed by atoms with E-state index in [9.17, 15) is 28.8 Å². The van der Waals surface area contributed by atoms with Gasteiger partial charge in [0.25, 0.3) is 5.91 Å². The monoisotopic (exact) mass is 905 g/mol. The topological polar surface area (TPSA) is 163 Å². The van der Waals surface area contributed by atoms with Gasteiger partial charge < -0.3 is 29.6 Å². The Labute approximate surface area is 384 Å². The van der Waals surface area contributed by atoms with Crippen molar-refractivity contribution in [1.29, 1.82) is 0 Å². The van der Waals surface area contributed by atoms with Crippen LogP contribution in [0.3, 0.4) is 0 Å². The van der Waals surface area contributed by atoms with Crippen molar-refractivity contribution in [2.75, 3.05) is 23.4 Å². The lowest BCUT2D eigenvalue weighted by atomic mass is 10.1. The molecule has 0 aliphatic heterocycles. The number of nitrogens with one attached hydrogen (secondary N) is 2. The van der Waals surface area contributed by atoms with Crippen LogP contribution in [0, 0.1) is 0 Å². The molecule has 2 unspecified atom stereocenters. The highest BCUT2D eigenvalue weighted by molar-refractivity contribution is 7.99. The number of ether oxygens (including phenoxy) is 4. The van der Waals surface area contributed by atoms with Gasteiger partial charge in [-0.3, -0.25) is 24.0 Å². The Morgan fingerprint density at radius 3 is 1.59 bits per heavy atom. The average Bonchev–Trinajstić information content (AvgIpc) is 3.20. The third-order valence-corrected chi connectivity index (χ3v) is 11.1. The zero-order valence-corrected chi connectivity index (χ0v) is 41.2. The van der Waals surface area contributed by atoms with Gasteiger partial charge in [-0.05, 0) is 85.1 Å². The molecule has 0 bridgehead atoms. The van der Waals surface area contributed by atoms with Gasteiger partial charge in [0.15, 0.2) is 0 Å². The van der Waals surface area contributed by atoms with Gasteiger partial charge in [-0.2, -0.15) is 11.8 Å². The average molecular weight is 905 g/mol. The molecule has 63 heavy (non-hydrogen) atoms. The van der Waals surface area contributed by atoms with Crippen molar-refractivity contribution in [1.82, 2.24) is 5.32 Å². The Hall–Kier alpha value is -3.61. The second-order valence-corrected chi connectivity index (χ2v) is 19.7. The molecule has 0 aliphatic carbocycles. The Morgan fingerprint density at radius 2 is 1.08 bits per heavy atom. The molecular formula is C50H84N2O10S. The summed E-state index contributed by atoms with van der Waals surface area (Å²) >= 11 is 1.45. The summed E-state index contributed by atoms with van der Waals surface area (Å²) in [6.07, 6.45) is 20.9. The number of anilines is 1. The fourth-order valence-corrected chi connectivity index (χ4v) is 7.53. The zero-order valence-electron chi connectivity index (χ0n) is 40.3. The maximum Gasteiger partial charge on any atom is 0.329 e. The Kier molecular flexibility index (Phi) is 30.8. The molecule has 0 saturated carbocycles. The molecule has 13 heteroatoms. The summed E-state index contributed by atoms with van der Waals surface area (Å²) in [4.78, 5) is 76.7. The van der Waals surface area contributed by atoms with Gasteiger partial charge in [-0.15, -0.1) is 0 Å². The van der Waals surface area contributed by atoms with Gasteiger partial charge >= 0.3 is 23.9 Å². The van der Waals surface area contributed by atoms with E-state index < -0.39 is 41.2 Å². The van der Waals surface area contributed by atoms with Crippen molar-refractivity contribution in [2.24, 2.45) is 0 Å². The van der Waals surface area contributed by atoms with Gasteiger partial charge in [0.1, 0.15) is 30.0 Å². The summed E-state index contributed by atoms with van der Waals surface area (Å²) in [5.74, 6) is -1.69. The van der Waals surface area contributed by atoms with Crippen molar-refractivity contribution in [3.8, 4) is 0 Å². The van der Waals surface area contributed by atoms with Crippen molar-refractivity contribution >= 4 is 53.1 Å². The third-order valence-electron chi connectivity index (χ3n) is 9.96. The van der Waals surface area contributed by atoms with Crippen LogP contribution in [0.1, 0.15) is 213 Å². The van der Waals surface area contributed by atoms with Crippen LogP contribution in [0.5, 0.6) is 0 Å². The van der Waals surface area contributed by atoms with Crippen LogP contribution in [0.15, 0.2) is 24.3 Å². The first-order valence-corrected chi connectivity index (χ1v) is 25.2. The van der Waals surface area contributed by atoms with Crippen molar-refractivity contribution < 1.29 is 47.7 Å². The van der Waals surface area contributed by atoms with E-state index in [1.54, 1.807) is 53.7 Å². The standard InChI is InChI=1S/C50H84N2O10S/c1-9-11-13-15-17-19-21-23-25-27-44(54)59-37-41(60-45(55)28-26-24-22-20-18-16-14-12-10-2)38-63-36-35-43(53)51-40-31-29-39(30-32-40)47(57)52-42(48(58)62-50(6,7)8)33-34-46(56)61-49(3,4)5/h29-32,41-42H,9-28,33-38H2,1-8H3,(H,51,53)(H,52,57). The van der Waals surface area contributed by atoms with Gasteiger partial charge in [-0.1, -0.05) is 117 Å². The number of thioether (sulfide) groups is 1.